The van der Waals surface area contributed by atoms with E-state index in [1.807, 2.05) is 0 Å². The molecule has 0 atom stereocenters. The summed E-state index contributed by atoms with van der Waals surface area (Å²) >= 11 is 0. The molecule has 0 aromatic heterocycles. The van der Waals surface area contributed by atoms with E-state index in [1.54, 1.807) is 0 Å². The molecule has 0 N–H and O–H groups in total. The van der Waals surface area contributed by atoms with Crippen LogP contribution in [0, 0.1) is 0 Å². The minimum atomic E-state index is -4.75. The highest BCUT2D eigenvalue weighted by molar-refractivity contribution is 4.83. The summed E-state index contributed by atoms with van der Waals surface area (Å²) < 4.78 is 70.1. The topological polar surface area (TPSA) is 0 Å². The normalized spacial score (nSPS) is 13.6. The third kappa shape index (κ3) is 2.27. The van der Waals surface area contributed by atoms with Gasteiger partial charge in [0.2, 0.25) is 0 Å². The summed E-state index contributed by atoms with van der Waals surface area (Å²) in [4.78, 5) is 0. The van der Waals surface area contributed by atoms with E-state index in [0.717, 1.165) is 0 Å². The van der Waals surface area contributed by atoms with Crippen LogP contribution in [0.3, 0.4) is 0 Å². The van der Waals surface area contributed by atoms with Crippen molar-refractivity contribution in [1.29, 1.82) is 0 Å². The standard InChI is InChI=1S/C5H6F6/c6-2-1-4(8,9)5(10,11)3-7/h1-3H2. The number of hydrogen-bond acceptors (Lipinski definition) is 0. The Morgan fingerprint density at radius 3 is 1.55 bits per heavy atom. The van der Waals surface area contributed by atoms with Crippen LogP contribution in [0.15, 0.2) is 0 Å². The molecule has 0 unspecified atom stereocenters. The van der Waals surface area contributed by atoms with Crippen LogP contribution in [0.4, 0.5) is 26.3 Å². The summed E-state index contributed by atoms with van der Waals surface area (Å²) in [6.45, 7) is -4.07. The average molecular weight is 180 g/mol. The van der Waals surface area contributed by atoms with Gasteiger partial charge in [-0.25, -0.2) is 4.39 Å². The maximum absolute atomic E-state index is 12.0. The molecular weight excluding hydrogens is 174 g/mol. The van der Waals surface area contributed by atoms with Crippen molar-refractivity contribution in [3.63, 3.8) is 0 Å². The van der Waals surface area contributed by atoms with E-state index >= 15 is 0 Å². The van der Waals surface area contributed by atoms with E-state index in [9.17, 15) is 26.3 Å². The molecular formula is C5H6F6. The number of hydrogen-bond donors (Lipinski definition) is 0. The van der Waals surface area contributed by atoms with Gasteiger partial charge in [-0.05, 0) is 0 Å². The predicted molar refractivity (Wildman–Crippen MR) is 26.5 cm³/mol. The lowest BCUT2D eigenvalue weighted by Crippen LogP contribution is -2.42. The minimum absolute atomic E-state index is 1.59. The molecule has 68 valence electrons. The van der Waals surface area contributed by atoms with Crippen molar-refractivity contribution >= 4 is 0 Å². The molecule has 6 heteroatoms. The van der Waals surface area contributed by atoms with Crippen molar-refractivity contribution in [3.05, 3.63) is 0 Å². The molecule has 0 saturated heterocycles. The van der Waals surface area contributed by atoms with Crippen molar-refractivity contribution < 1.29 is 26.3 Å². The fourth-order valence-electron chi connectivity index (χ4n) is 0.399. The van der Waals surface area contributed by atoms with E-state index in [4.69, 9.17) is 0 Å². The second-order valence-corrected chi connectivity index (χ2v) is 1.98. The minimum Gasteiger partial charge on any atom is -0.251 e. The number of halogens is 6. The number of rotatable bonds is 4. The van der Waals surface area contributed by atoms with E-state index in [2.05, 4.69) is 0 Å². The Labute approximate surface area is 59.2 Å². The summed E-state index contributed by atoms with van der Waals surface area (Å²) in [7, 11) is 0. The van der Waals surface area contributed by atoms with Gasteiger partial charge in [-0.15, -0.1) is 0 Å². The lowest BCUT2D eigenvalue weighted by molar-refractivity contribution is -0.219. The molecule has 0 amide bonds. The molecule has 0 spiro atoms. The third-order valence-electron chi connectivity index (χ3n) is 1.11. The second kappa shape index (κ2) is 3.32. The van der Waals surface area contributed by atoms with Crippen molar-refractivity contribution in [2.75, 3.05) is 13.3 Å². The lowest BCUT2D eigenvalue weighted by atomic mass is 10.1. The molecule has 0 aliphatic rings. The molecule has 0 heterocycles. The van der Waals surface area contributed by atoms with Gasteiger partial charge in [0.15, 0.2) is 6.67 Å². The molecule has 0 aliphatic carbocycles. The molecule has 0 nitrogen and oxygen atoms in total. The average Bonchev–Trinajstić information content (AvgIpc) is 1.87. The first-order chi connectivity index (χ1) is 4.87. The monoisotopic (exact) mass is 180 g/mol. The summed E-state index contributed by atoms with van der Waals surface area (Å²) in [5, 5.41) is 0. The highest BCUT2D eigenvalue weighted by Crippen LogP contribution is 2.37. The Bertz CT molecular complexity index is 120. The van der Waals surface area contributed by atoms with Crippen LogP contribution in [0.1, 0.15) is 6.42 Å². The zero-order chi connectivity index (χ0) is 9.12. The lowest BCUT2D eigenvalue weighted by Gasteiger charge is -2.22. The van der Waals surface area contributed by atoms with Crippen LogP contribution in [-0.4, -0.2) is 25.2 Å². The fourth-order valence-corrected chi connectivity index (χ4v) is 0.399. The van der Waals surface area contributed by atoms with Crippen LogP contribution in [0.2, 0.25) is 0 Å². The van der Waals surface area contributed by atoms with Gasteiger partial charge in [0.05, 0.1) is 6.67 Å². The summed E-state index contributed by atoms with van der Waals surface area (Å²) in [6, 6.07) is 0. The highest BCUT2D eigenvalue weighted by Gasteiger charge is 2.55. The summed E-state index contributed by atoms with van der Waals surface area (Å²) in [5.74, 6) is -9.34. The van der Waals surface area contributed by atoms with Gasteiger partial charge in [0, 0.05) is 6.42 Å². The molecule has 0 aromatic carbocycles. The Balaban J connectivity index is 4.26. The van der Waals surface area contributed by atoms with Gasteiger partial charge < -0.3 is 0 Å². The quantitative estimate of drug-likeness (QED) is 0.583. The molecule has 0 rings (SSSR count). The van der Waals surface area contributed by atoms with Crippen LogP contribution in [0.5, 0.6) is 0 Å². The van der Waals surface area contributed by atoms with Gasteiger partial charge in [-0.2, -0.15) is 17.6 Å². The van der Waals surface area contributed by atoms with Crippen molar-refractivity contribution in [2.24, 2.45) is 0 Å². The molecule has 0 aromatic rings. The van der Waals surface area contributed by atoms with Crippen LogP contribution >= 0.6 is 0 Å². The Kier molecular flexibility index (Phi) is 3.19. The predicted octanol–water partition coefficient (Wildman–Crippen LogP) is 2.59. The van der Waals surface area contributed by atoms with E-state index in [0.29, 0.717) is 0 Å². The zero-order valence-corrected chi connectivity index (χ0v) is 5.39. The Morgan fingerprint density at radius 2 is 1.27 bits per heavy atom. The smallest absolute Gasteiger partial charge is 0.251 e. The molecule has 11 heavy (non-hydrogen) atoms. The van der Waals surface area contributed by atoms with Crippen molar-refractivity contribution in [2.45, 2.75) is 18.3 Å². The molecule has 0 radical (unpaired) electrons. The van der Waals surface area contributed by atoms with Crippen LogP contribution < -0.4 is 0 Å². The summed E-state index contributed by atoms with van der Waals surface area (Å²) in [5.41, 5.74) is 0. The third-order valence-corrected chi connectivity index (χ3v) is 1.11. The molecule has 0 fully saturated rings. The van der Waals surface area contributed by atoms with Crippen molar-refractivity contribution in [3.8, 4) is 0 Å². The fraction of sp³-hybridized carbons (Fsp3) is 1.00. The Hall–Kier alpha value is -0.420. The molecule has 0 bridgehead atoms. The van der Waals surface area contributed by atoms with Crippen LogP contribution in [-0.2, 0) is 0 Å². The van der Waals surface area contributed by atoms with Gasteiger partial charge in [-0.3, -0.25) is 4.39 Å². The first-order valence-corrected chi connectivity index (χ1v) is 2.75. The van der Waals surface area contributed by atoms with E-state index < -0.39 is 31.6 Å². The molecule has 0 aliphatic heterocycles. The first-order valence-electron chi connectivity index (χ1n) is 2.75. The number of alkyl halides is 6. The van der Waals surface area contributed by atoms with Crippen LogP contribution in [0.25, 0.3) is 0 Å². The molecule has 0 saturated carbocycles. The van der Waals surface area contributed by atoms with Gasteiger partial charge >= 0.3 is 11.8 Å². The Morgan fingerprint density at radius 1 is 0.818 bits per heavy atom. The van der Waals surface area contributed by atoms with Gasteiger partial charge in [-0.1, -0.05) is 0 Å². The zero-order valence-electron chi connectivity index (χ0n) is 5.39. The maximum Gasteiger partial charge on any atom is 0.337 e. The van der Waals surface area contributed by atoms with Gasteiger partial charge in [0.25, 0.3) is 0 Å². The largest absolute Gasteiger partial charge is 0.337 e. The second-order valence-electron chi connectivity index (χ2n) is 1.98. The van der Waals surface area contributed by atoms with Crippen molar-refractivity contribution in [1.82, 2.24) is 0 Å². The summed E-state index contributed by atoms with van der Waals surface area (Å²) in [6.07, 6.45) is -1.65. The highest BCUT2D eigenvalue weighted by atomic mass is 19.3. The first kappa shape index (κ1) is 10.6. The van der Waals surface area contributed by atoms with Gasteiger partial charge in [0.1, 0.15) is 0 Å². The van der Waals surface area contributed by atoms with E-state index in [-0.39, 0.29) is 0 Å². The van der Waals surface area contributed by atoms with E-state index in [1.165, 1.54) is 0 Å². The maximum atomic E-state index is 12.0. The SMILES string of the molecule is FCCC(F)(F)C(F)(F)CF.